The molecule has 1 aromatic heterocycles. The number of nitrogens with one attached hydrogen (secondary N) is 1. The van der Waals surface area contributed by atoms with Gasteiger partial charge in [-0.2, -0.15) is 0 Å². The van der Waals surface area contributed by atoms with Crippen molar-refractivity contribution in [3.8, 4) is 5.75 Å². The number of rotatable bonds is 4. The van der Waals surface area contributed by atoms with Crippen LogP contribution in [0.4, 0.5) is 0 Å². The summed E-state index contributed by atoms with van der Waals surface area (Å²) in [6.45, 7) is 5.44. The van der Waals surface area contributed by atoms with E-state index in [0.717, 1.165) is 0 Å². The van der Waals surface area contributed by atoms with E-state index < -0.39 is 0 Å². The quantitative estimate of drug-likeness (QED) is 0.733. The maximum atomic E-state index is 11.6. The molecule has 1 aromatic rings. The second-order valence-electron chi connectivity index (χ2n) is 3.27. The van der Waals surface area contributed by atoms with Crippen molar-refractivity contribution >= 4 is 5.91 Å². The van der Waals surface area contributed by atoms with Crippen LogP contribution in [0.15, 0.2) is 31.0 Å². The van der Waals surface area contributed by atoms with E-state index in [0.29, 0.717) is 6.42 Å². The van der Waals surface area contributed by atoms with Gasteiger partial charge >= 0.3 is 0 Å². The van der Waals surface area contributed by atoms with Gasteiger partial charge in [0.2, 0.25) is 0 Å². The molecule has 0 bridgehead atoms. The standard InChI is InChI=1S/C11H14N2O2/c1-3-5-8(2)13-11(15)10-9(14)6-4-7-12-10/h3-4,6-8,14H,1,5H2,2H3,(H,13,15). The second-order valence-corrected chi connectivity index (χ2v) is 3.27. The number of carbonyl (C=O) groups excluding carboxylic acids is 1. The average molecular weight is 206 g/mol. The van der Waals surface area contributed by atoms with E-state index in [-0.39, 0.29) is 23.4 Å². The molecule has 2 N–H and O–H groups in total. The van der Waals surface area contributed by atoms with Gasteiger partial charge in [0.05, 0.1) is 0 Å². The molecule has 0 aliphatic rings. The fourth-order valence-electron chi connectivity index (χ4n) is 1.17. The van der Waals surface area contributed by atoms with Crippen molar-refractivity contribution in [3.63, 3.8) is 0 Å². The summed E-state index contributed by atoms with van der Waals surface area (Å²) in [5.41, 5.74) is 0.0495. The third-order valence-electron chi connectivity index (χ3n) is 1.90. The van der Waals surface area contributed by atoms with Gasteiger partial charge in [-0.3, -0.25) is 4.79 Å². The topological polar surface area (TPSA) is 62.2 Å². The first-order valence-corrected chi connectivity index (χ1v) is 4.71. The van der Waals surface area contributed by atoms with Gasteiger partial charge in [0, 0.05) is 12.2 Å². The third-order valence-corrected chi connectivity index (χ3v) is 1.90. The molecule has 0 fully saturated rings. The van der Waals surface area contributed by atoms with Crippen molar-refractivity contribution in [1.82, 2.24) is 10.3 Å². The van der Waals surface area contributed by atoms with Crippen LogP contribution < -0.4 is 5.32 Å². The number of amides is 1. The normalized spacial score (nSPS) is 11.8. The Bertz CT molecular complexity index is 363. The summed E-state index contributed by atoms with van der Waals surface area (Å²) in [7, 11) is 0. The first-order chi connectivity index (χ1) is 7.15. The monoisotopic (exact) mass is 206 g/mol. The van der Waals surface area contributed by atoms with Crippen molar-refractivity contribution in [2.75, 3.05) is 0 Å². The number of hydrogen-bond donors (Lipinski definition) is 2. The molecule has 80 valence electrons. The van der Waals surface area contributed by atoms with Crippen molar-refractivity contribution in [2.45, 2.75) is 19.4 Å². The SMILES string of the molecule is C=CCC(C)NC(=O)c1ncccc1O. The number of hydrogen-bond acceptors (Lipinski definition) is 3. The highest BCUT2D eigenvalue weighted by molar-refractivity contribution is 5.94. The lowest BCUT2D eigenvalue weighted by Gasteiger charge is -2.11. The molecule has 0 spiro atoms. The maximum Gasteiger partial charge on any atom is 0.273 e. The summed E-state index contributed by atoms with van der Waals surface area (Å²) in [5.74, 6) is -0.483. The van der Waals surface area contributed by atoms with Crippen molar-refractivity contribution in [2.24, 2.45) is 0 Å². The van der Waals surface area contributed by atoms with Gasteiger partial charge in [-0.25, -0.2) is 4.98 Å². The molecule has 1 rings (SSSR count). The first-order valence-electron chi connectivity index (χ1n) is 4.71. The lowest BCUT2D eigenvalue weighted by molar-refractivity contribution is 0.0932. The Morgan fingerprint density at radius 3 is 3.13 bits per heavy atom. The highest BCUT2D eigenvalue weighted by atomic mass is 16.3. The van der Waals surface area contributed by atoms with Gasteiger partial charge in [-0.1, -0.05) is 6.08 Å². The van der Waals surface area contributed by atoms with Crippen LogP contribution in [-0.2, 0) is 0 Å². The van der Waals surface area contributed by atoms with Crippen LogP contribution in [0.25, 0.3) is 0 Å². The molecule has 0 aliphatic heterocycles. The summed E-state index contributed by atoms with van der Waals surface area (Å²) in [4.78, 5) is 15.4. The van der Waals surface area contributed by atoms with Gasteiger partial charge in [0.25, 0.3) is 5.91 Å². The van der Waals surface area contributed by atoms with Crippen LogP contribution in [0.1, 0.15) is 23.8 Å². The molecular weight excluding hydrogens is 192 g/mol. The molecule has 15 heavy (non-hydrogen) atoms. The smallest absolute Gasteiger partial charge is 0.273 e. The third kappa shape index (κ3) is 3.09. The summed E-state index contributed by atoms with van der Waals surface area (Å²) in [6, 6.07) is 2.98. The highest BCUT2D eigenvalue weighted by Gasteiger charge is 2.13. The Balaban J connectivity index is 2.69. The Morgan fingerprint density at radius 1 is 1.80 bits per heavy atom. The van der Waals surface area contributed by atoms with Gasteiger partial charge < -0.3 is 10.4 Å². The molecule has 4 nitrogen and oxygen atoms in total. The summed E-state index contributed by atoms with van der Waals surface area (Å²) < 4.78 is 0. The lowest BCUT2D eigenvalue weighted by Crippen LogP contribution is -2.32. The molecule has 1 unspecified atom stereocenters. The minimum absolute atomic E-state index is 0.0172. The average Bonchev–Trinajstić information content (AvgIpc) is 2.18. The number of aromatic hydroxyl groups is 1. The minimum Gasteiger partial charge on any atom is -0.505 e. The zero-order chi connectivity index (χ0) is 11.3. The minimum atomic E-state index is -0.373. The summed E-state index contributed by atoms with van der Waals surface area (Å²) >= 11 is 0. The Kier molecular flexibility index (Phi) is 3.85. The zero-order valence-electron chi connectivity index (χ0n) is 8.60. The van der Waals surface area contributed by atoms with Crippen LogP contribution >= 0.6 is 0 Å². The van der Waals surface area contributed by atoms with Crippen LogP contribution in [0.3, 0.4) is 0 Å². The van der Waals surface area contributed by atoms with Gasteiger partial charge in [-0.05, 0) is 25.5 Å². The highest BCUT2D eigenvalue weighted by Crippen LogP contribution is 2.12. The molecule has 0 saturated carbocycles. The molecule has 4 heteroatoms. The molecular formula is C11H14N2O2. The summed E-state index contributed by atoms with van der Waals surface area (Å²) in [6.07, 6.45) is 3.87. The molecule has 1 amide bonds. The van der Waals surface area contributed by atoms with E-state index in [1.54, 1.807) is 12.1 Å². The fourth-order valence-corrected chi connectivity index (χ4v) is 1.17. The fraction of sp³-hybridized carbons (Fsp3) is 0.273. The van der Waals surface area contributed by atoms with E-state index in [1.807, 2.05) is 6.92 Å². The maximum absolute atomic E-state index is 11.6. The second kappa shape index (κ2) is 5.14. The summed E-state index contributed by atoms with van der Waals surface area (Å²) in [5, 5.41) is 12.1. The largest absolute Gasteiger partial charge is 0.505 e. The van der Waals surface area contributed by atoms with Crippen LogP contribution in [0.2, 0.25) is 0 Å². The van der Waals surface area contributed by atoms with E-state index in [9.17, 15) is 9.90 Å². The van der Waals surface area contributed by atoms with Crippen molar-refractivity contribution < 1.29 is 9.90 Å². The van der Waals surface area contributed by atoms with Gasteiger partial charge in [-0.15, -0.1) is 6.58 Å². The molecule has 1 atom stereocenters. The Morgan fingerprint density at radius 2 is 2.53 bits per heavy atom. The molecule has 1 heterocycles. The number of aromatic nitrogens is 1. The molecule has 0 radical (unpaired) electrons. The van der Waals surface area contributed by atoms with Crippen LogP contribution in [0, 0.1) is 0 Å². The van der Waals surface area contributed by atoms with E-state index in [2.05, 4.69) is 16.9 Å². The molecule has 0 aromatic carbocycles. The Labute approximate surface area is 88.7 Å². The van der Waals surface area contributed by atoms with Crippen molar-refractivity contribution in [1.29, 1.82) is 0 Å². The lowest BCUT2D eigenvalue weighted by atomic mass is 10.2. The van der Waals surface area contributed by atoms with E-state index in [4.69, 9.17) is 0 Å². The molecule has 0 aliphatic carbocycles. The van der Waals surface area contributed by atoms with Crippen LogP contribution in [-0.4, -0.2) is 22.0 Å². The number of carbonyl (C=O) groups is 1. The van der Waals surface area contributed by atoms with Gasteiger partial charge in [0.15, 0.2) is 5.69 Å². The predicted molar refractivity (Wildman–Crippen MR) is 57.6 cm³/mol. The van der Waals surface area contributed by atoms with E-state index >= 15 is 0 Å². The van der Waals surface area contributed by atoms with Crippen molar-refractivity contribution in [3.05, 3.63) is 36.7 Å². The Hall–Kier alpha value is -1.84. The predicted octanol–water partition coefficient (Wildman–Crippen LogP) is 1.48. The zero-order valence-corrected chi connectivity index (χ0v) is 8.60. The molecule has 0 saturated heterocycles. The number of pyridine rings is 1. The van der Waals surface area contributed by atoms with Crippen LogP contribution in [0.5, 0.6) is 5.75 Å². The first kappa shape index (κ1) is 11.2. The van der Waals surface area contributed by atoms with E-state index in [1.165, 1.54) is 12.3 Å². The van der Waals surface area contributed by atoms with Gasteiger partial charge in [0.1, 0.15) is 5.75 Å². The number of nitrogens with zero attached hydrogens (tertiary/aromatic N) is 1.